The van der Waals surface area contributed by atoms with Crippen molar-refractivity contribution in [2.24, 2.45) is 0 Å². The van der Waals surface area contributed by atoms with Crippen molar-refractivity contribution in [3.63, 3.8) is 0 Å². The number of sulfonamides is 1. The van der Waals surface area contributed by atoms with Crippen LogP contribution in [-0.4, -0.2) is 24.5 Å². The molecule has 2 heterocycles. The monoisotopic (exact) mass is 312 g/mol. The van der Waals surface area contributed by atoms with Gasteiger partial charge in [0.05, 0.1) is 6.42 Å². The minimum Gasteiger partial charge on any atom is -0.481 e. The highest BCUT2D eigenvalue weighted by Crippen LogP contribution is 2.24. The third-order valence-electron chi connectivity index (χ3n) is 2.38. The summed E-state index contributed by atoms with van der Waals surface area (Å²) < 4.78 is 26.7. The largest absolute Gasteiger partial charge is 0.481 e. The molecule has 2 aromatic heterocycles. The SMILES string of the molecule is Cc1ccnc(NS(=O)(=O)c2ccc(CC(=O)O)s2)c1. The molecule has 0 saturated carbocycles. The Morgan fingerprint density at radius 3 is 2.80 bits per heavy atom. The molecule has 0 radical (unpaired) electrons. The zero-order valence-corrected chi connectivity index (χ0v) is 12.2. The summed E-state index contributed by atoms with van der Waals surface area (Å²) in [6, 6.07) is 6.26. The summed E-state index contributed by atoms with van der Waals surface area (Å²) in [6.07, 6.45) is 1.32. The summed E-state index contributed by atoms with van der Waals surface area (Å²) in [5.41, 5.74) is 0.885. The fraction of sp³-hybridized carbons (Fsp3) is 0.167. The normalized spacial score (nSPS) is 11.2. The van der Waals surface area contributed by atoms with E-state index in [2.05, 4.69) is 9.71 Å². The van der Waals surface area contributed by atoms with Crippen molar-refractivity contribution in [3.8, 4) is 0 Å². The molecule has 2 aromatic rings. The minimum atomic E-state index is -3.73. The van der Waals surface area contributed by atoms with Crippen molar-refractivity contribution in [2.45, 2.75) is 17.6 Å². The number of carbonyl (C=O) groups is 1. The molecule has 2 rings (SSSR count). The van der Waals surface area contributed by atoms with Crippen LogP contribution in [-0.2, 0) is 21.2 Å². The summed E-state index contributed by atoms with van der Waals surface area (Å²) >= 11 is 0.933. The van der Waals surface area contributed by atoms with Crippen molar-refractivity contribution in [1.82, 2.24) is 4.98 Å². The highest BCUT2D eigenvalue weighted by Gasteiger charge is 2.18. The van der Waals surface area contributed by atoms with E-state index in [4.69, 9.17) is 5.11 Å². The molecule has 106 valence electrons. The third kappa shape index (κ3) is 3.55. The van der Waals surface area contributed by atoms with Gasteiger partial charge in [0, 0.05) is 11.1 Å². The molecular formula is C12H12N2O4S2. The molecule has 0 atom stereocenters. The fourth-order valence-electron chi connectivity index (χ4n) is 1.53. The van der Waals surface area contributed by atoms with Gasteiger partial charge in [-0.15, -0.1) is 11.3 Å². The van der Waals surface area contributed by atoms with Gasteiger partial charge in [0.1, 0.15) is 10.0 Å². The number of nitrogens with zero attached hydrogens (tertiary/aromatic N) is 1. The number of pyridine rings is 1. The van der Waals surface area contributed by atoms with Gasteiger partial charge in [0.15, 0.2) is 0 Å². The number of aromatic nitrogens is 1. The minimum absolute atomic E-state index is 0.0667. The summed E-state index contributed by atoms with van der Waals surface area (Å²) in [6.45, 7) is 1.83. The van der Waals surface area contributed by atoms with Crippen molar-refractivity contribution in [2.75, 3.05) is 4.72 Å². The van der Waals surface area contributed by atoms with Gasteiger partial charge >= 0.3 is 5.97 Å². The first-order valence-electron chi connectivity index (χ1n) is 5.63. The lowest BCUT2D eigenvalue weighted by Crippen LogP contribution is -2.12. The van der Waals surface area contributed by atoms with E-state index in [9.17, 15) is 13.2 Å². The Balaban J connectivity index is 2.22. The highest BCUT2D eigenvalue weighted by molar-refractivity contribution is 7.94. The van der Waals surface area contributed by atoms with E-state index in [1.54, 1.807) is 12.1 Å². The molecule has 0 unspecified atom stereocenters. The molecule has 8 heteroatoms. The molecule has 0 saturated heterocycles. The second kappa shape index (κ2) is 5.59. The topological polar surface area (TPSA) is 96.4 Å². The maximum Gasteiger partial charge on any atom is 0.308 e. The van der Waals surface area contributed by atoms with Crippen LogP contribution in [0.4, 0.5) is 5.82 Å². The van der Waals surface area contributed by atoms with E-state index < -0.39 is 16.0 Å². The van der Waals surface area contributed by atoms with Gasteiger partial charge in [-0.3, -0.25) is 9.52 Å². The summed E-state index contributed by atoms with van der Waals surface area (Å²) in [7, 11) is -3.73. The number of thiophene rings is 1. The Morgan fingerprint density at radius 2 is 2.15 bits per heavy atom. The van der Waals surface area contributed by atoms with E-state index in [0.29, 0.717) is 4.88 Å². The van der Waals surface area contributed by atoms with Gasteiger partial charge < -0.3 is 5.11 Å². The number of nitrogens with one attached hydrogen (secondary N) is 1. The Hall–Kier alpha value is -1.93. The smallest absolute Gasteiger partial charge is 0.308 e. The Bertz CT molecular complexity index is 737. The molecular weight excluding hydrogens is 300 g/mol. The van der Waals surface area contributed by atoms with Gasteiger partial charge in [-0.1, -0.05) is 0 Å². The highest BCUT2D eigenvalue weighted by atomic mass is 32.2. The Labute approximate surface area is 120 Å². The van der Waals surface area contributed by atoms with Crippen LogP contribution in [0.1, 0.15) is 10.4 Å². The number of rotatable bonds is 5. The predicted octanol–water partition coefficient (Wildman–Crippen LogP) is 1.88. The van der Waals surface area contributed by atoms with E-state index in [1.165, 1.54) is 18.3 Å². The second-order valence-electron chi connectivity index (χ2n) is 4.12. The molecule has 0 spiro atoms. The van der Waals surface area contributed by atoms with Crippen molar-refractivity contribution in [3.05, 3.63) is 40.9 Å². The van der Waals surface area contributed by atoms with Gasteiger partial charge in [-0.05, 0) is 36.8 Å². The first kappa shape index (κ1) is 14.5. The van der Waals surface area contributed by atoms with Crippen LogP contribution in [0.3, 0.4) is 0 Å². The zero-order chi connectivity index (χ0) is 14.8. The van der Waals surface area contributed by atoms with Gasteiger partial charge in [0.2, 0.25) is 0 Å². The van der Waals surface area contributed by atoms with Crippen LogP contribution in [0, 0.1) is 6.92 Å². The van der Waals surface area contributed by atoms with E-state index in [-0.39, 0.29) is 16.4 Å². The summed E-state index contributed by atoms with van der Waals surface area (Å²) in [5, 5.41) is 8.68. The molecule has 20 heavy (non-hydrogen) atoms. The number of hydrogen-bond acceptors (Lipinski definition) is 5. The quantitative estimate of drug-likeness (QED) is 0.878. The average Bonchev–Trinajstić information content (AvgIpc) is 2.76. The lowest BCUT2D eigenvalue weighted by Gasteiger charge is -2.05. The molecule has 0 aromatic carbocycles. The number of aliphatic carboxylic acids is 1. The fourth-order valence-corrected chi connectivity index (χ4v) is 3.87. The zero-order valence-electron chi connectivity index (χ0n) is 10.5. The molecule has 6 nitrogen and oxygen atoms in total. The predicted molar refractivity (Wildman–Crippen MR) is 75.4 cm³/mol. The Kier molecular flexibility index (Phi) is 4.05. The van der Waals surface area contributed by atoms with E-state index >= 15 is 0 Å². The van der Waals surface area contributed by atoms with Crippen LogP contribution in [0.2, 0.25) is 0 Å². The molecule has 0 aliphatic rings. The second-order valence-corrected chi connectivity index (χ2v) is 7.19. The van der Waals surface area contributed by atoms with Crippen LogP contribution in [0.5, 0.6) is 0 Å². The van der Waals surface area contributed by atoms with Crippen LogP contribution in [0.25, 0.3) is 0 Å². The number of hydrogen-bond donors (Lipinski definition) is 2. The lowest BCUT2D eigenvalue weighted by atomic mass is 10.3. The van der Waals surface area contributed by atoms with Gasteiger partial charge in [-0.2, -0.15) is 0 Å². The van der Waals surface area contributed by atoms with Crippen molar-refractivity contribution < 1.29 is 18.3 Å². The van der Waals surface area contributed by atoms with E-state index in [1.807, 2.05) is 6.92 Å². The number of carboxylic acids is 1. The molecule has 0 aliphatic heterocycles. The maximum absolute atomic E-state index is 12.1. The average molecular weight is 312 g/mol. The third-order valence-corrected chi connectivity index (χ3v) is 5.31. The number of carboxylic acid groups (broad SMARTS) is 1. The van der Waals surface area contributed by atoms with Crippen LogP contribution < -0.4 is 4.72 Å². The standard InChI is InChI=1S/C12H12N2O4S2/c1-8-4-5-13-10(6-8)14-20(17,18)12-3-2-9(19-12)7-11(15)16/h2-6H,7H2,1H3,(H,13,14)(H,15,16). The van der Waals surface area contributed by atoms with Crippen molar-refractivity contribution >= 4 is 33.1 Å². The van der Waals surface area contributed by atoms with Gasteiger partial charge in [-0.25, -0.2) is 13.4 Å². The van der Waals surface area contributed by atoms with E-state index in [0.717, 1.165) is 16.9 Å². The number of anilines is 1. The van der Waals surface area contributed by atoms with Crippen molar-refractivity contribution in [1.29, 1.82) is 0 Å². The molecule has 0 amide bonds. The number of aryl methyl sites for hydroxylation is 1. The first-order chi connectivity index (χ1) is 9.37. The van der Waals surface area contributed by atoms with Crippen LogP contribution >= 0.6 is 11.3 Å². The molecule has 2 N–H and O–H groups in total. The lowest BCUT2D eigenvalue weighted by molar-refractivity contribution is -0.136. The Morgan fingerprint density at radius 1 is 1.40 bits per heavy atom. The summed E-state index contributed by atoms with van der Waals surface area (Å²) in [4.78, 5) is 15.0. The maximum atomic E-state index is 12.1. The molecule has 0 fully saturated rings. The van der Waals surface area contributed by atoms with Gasteiger partial charge in [0.25, 0.3) is 10.0 Å². The molecule has 0 aliphatic carbocycles. The molecule has 0 bridgehead atoms. The first-order valence-corrected chi connectivity index (χ1v) is 7.93. The summed E-state index contributed by atoms with van der Waals surface area (Å²) in [5.74, 6) is -0.762. The van der Waals surface area contributed by atoms with Crippen LogP contribution in [0.15, 0.2) is 34.7 Å².